The Morgan fingerprint density at radius 2 is 2.06 bits per heavy atom. The molecule has 0 spiro atoms. The van der Waals surface area contributed by atoms with Crippen molar-refractivity contribution in [2.75, 3.05) is 18.5 Å². The molecule has 0 saturated heterocycles. The molecule has 1 aromatic heterocycles. The Bertz CT molecular complexity index is 393. The molecule has 0 aliphatic rings. The van der Waals surface area contributed by atoms with E-state index in [0.717, 1.165) is 16.6 Å². The van der Waals surface area contributed by atoms with Crippen molar-refractivity contribution in [1.29, 1.82) is 0 Å². The topological polar surface area (TPSA) is 53.4 Å². The molecule has 1 aromatic rings. The van der Waals surface area contributed by atoms with Crippen molar-refractivity contribution < 1.29 is 9.90 Å². The highest BCUT2D eigenvalue weighted by Gasteiger charge is 2.19. The number of hydrogen-bond donors (Lipinski definition) is 1. The van der Waals surface area contributed by atoms with Gasteiger partial charge in [-0.15, -0.1) is 11.3 Å². The summed E-state index contributed by atoms with van der Waals surface area (Å²) in [6.07, 6.45) is 0. The third kappa shape index (κ3) is 3.20. The zero-order valence-corrected chi connectivity index (χ0v) is 11.2. The van der Waals surface area contributed by atoms with Crippen molar-refractivity contribution in [1.82, 2.24) is 4.98 Å². The van der Waals surface area contributed by atoms with Gasteiger partial charge in [0.1, 0.15) is 0 Å². The summed E-state index contributed by atoms with van der Waals surface area (Å²) in [5, 5.41) is 9.69. The van der Waals surface area contributed by atoms with Crippen LogP contribution in [0.5, 0.6) is 0 Å². The lowest BCUT2D eigenvalue weighted by Crippen LogP contribution is -2.29. The molecule has 0 amide bonds. The van der Waals surface area contributed by atoms with E-state index in [1.165, 1.54) is 11.3 Å². The largest absolute Gasteiger partial charge is 0.476 e. The van der Waals surface area contributed by atoms with Gasteiger partial charge in [0.2, 0.25) is 0 Å². The van der Waals surface area contributed by atoms with Crippen molar-refractivity contribution in [3.8, 4) is 0 Å². The molecule has 5 heteroatoms. The van der Waals surface area contributed by atoms with Gasteiger partial charge < -0.3 is 10.0 Å². The second-order valence-corrected chi connectivity index (χ2v) is 6.30. The van der Waals surface area contributed by atoms with E-state index in [4.69, 9.17) is 5.11 Å². The Hall–Kier alpha value is -1.10. The number of anilines is 1. The molecule has 0 aliphatic heterocycles. The monoisotopic (exact) mass is 242 g/mol. The average molecular weight is 242 g/mol. The van der Waals surface area contributed by atoms with Crippen LogP contribution in [0.2, 0.25) is 0 Å². The molecule has 0 radical (unpaired) electrons. The number of rotatable bonds is 3. The lowest BCUT2D eigenvalue weighted by atomic mass is 9.96. The Labute approximate surface area is 99.9 Å². The second kappa shape index (κ2) is 4.41. The van der Waals surface area contributed by atoms with Gasteiger partial charge in [-0.2, -0.15) is 0 Å². The molecular formula is C11H18N2O2S. The maximum absolute atomic E-state index is 10.9. The summed E-state index contributed by atoms with van der Waals surface area (Å²) in [4.78, 5) is 17.8. The number of thiazole rings is 1. The number of nitrogens with zero attached hydrogens (tertiary/aromatic N) is 2. The smallest absolute Gasteiger partial charge is 0.355 e. The number of carbonyl (C=O) groups is 1. The highest BCUT2D eigenvalue weighted by atomic mass is 32.1. The summed E-state index contributed by atoms with van der Waals surface area (Å²) < 4.78 is 0. The maximum atomic E-state index is 10.9. The predicted molar refractivity (Wildman–Crippen MR) is 66.5 cm³/mol. The van der Waals surface area contributed by atoms with E-state index in [1.54, 1.807) is 6.92 Å². The Balaban J connectivity index is 2.89. The fourth-order valence-corrected chi connectivity index (χ4v) is 2.38. The molecule has 1 heterocycles. The van der Waals surface area contributed by atoms with E-state index < -0.39 is 5.97 Å². The number of aryl methyl sites for hydroxylation is 1. The molecule has 0 aromatic carbocycles. The second-order valence-electron chi connectivity index (χ2n) is 5.12. The van der Waals surface area contributed by atoms with Crippen LogP contribution in [0.25, 0.3) is 0 Å². The molecule has 1 N–H and O–H groups in total. The average Bonchev–Trinajstić information content (AvgIpc) is 2.44. The van der Waals surface area contributed by atoms with Crippen LogP contribution in [-0.2, 0) is 0 Å². The highest BCUT2D eigenvalue weighted by Crippen LogP contribution is 2.27. The molecule has 1 rings (SSSR count). The first kappa shape index (κ1) is 13.0. The molecule has 0 saturated carbocycles. The normalized spacial score (nSPS) is 11.6. The fraction of sp³-hybridized carbons (Fsp3) is 0.636. The van der Waals surface area contributed by atoms with Crippen molar-refractivity contribution >= 4 is 22.4 Å². The van der Waals surface area contributed by atoms with E-state index in [-0.39, 0.29) is 11.1 Å². The molecule has 90 valence electrons. The molecule has 0 bridgehead atoms. The van der Waals surface area contributed by atoms with E-state index in [1.807, 2.05) is 11.9 Å². The zero-order valence-electron chi connectivity index (χ0n) is 10.4. The maximum Gasteiger partial charge on any atom is 0.355 e. The Morgan fingerprint density at radius 3 is 2.44 bits per heavy atom. The minimum absolute atomic E-state index is 0.164. The molecule has 0 fully saturated rings. The van der Waals surface area contributed by atoms with Gasteiger partial charge >= 0.3 is 5.97 Å². The van der Waals surface area contributed by atoms with Crippen LogP contribution in [0.1, 0.15) is 36.1 Å². The first-order valence-corrected chi connectivity index (χ1v) is 5.94. The van der Waals surface area contributed by atoms with E-state index in [0.29, 0.717) is 0 Å². The first-order chi connectivity index (χ1) is 7.20. The lowest BCUT2D eigenvalue weighted by molar-refractivity contribution is 0.0690. The van der Waals surface area contributed by atoms with E-state index in [2.05, 4.69) is 25.8 Å². The van der Waals surface area contributed by atoms with Crippen LogP contribution in [0.3, 0.4) is 0 Å². The Kier molecular flexibility index (Phi) is 3.57. The van der Waals surface area contributed by atoms with Crippen molar-refractivity contribution in [2.45, 2.75) is 27.7 Å². The molecule has 4 nitrogen and oxygen atoms in total. The summed E-state index contributed by atoms with van der Waals surface area (Å²) >= 11 is 1.43. The number of hydrogen-bond acceptors (Lipinski definition) is 4. The number of carboxylic acid groups (broad SMARTS) is 1. The van der Waals surface area contributed by atoms with Gasteiger partial charge in [0.25, 0.3) is 0 Å². The fourth-order valence-electron chi connectivity index (χ4n) is 1.52. The quantitative estimate of drug-likeness (QED) is 0.885. The molecule has 16 heavy (non-hydrogen) atoms. The zero-order chi connectivity index (χ0) is 12.5. The van der Waals surface area contributed by atoms with Crippen LogP contribution in [0, 0.1) is 12.3 Å². The van der Waals surface area contributed by atoms with Gasteiger partial charge in [-0.25, -0.2) is 9.78 Å². The van der Waals surface area contributed by atoms with Gasteiger partial charge in [0, 0.05) is 18.5 Å². The van der Waals surface area contributed by atoms with Crippen LogP contribution in [-0.4, -0.2) is 29.7 Å². The van der Waals surface area contributed by atoms with Crippen LogP contribution in [0.15, 0.2) is 0 Å². The van der Waals surface area contributed by atoms with Gasteiger partial charge in [0.05, 0.1) is 0 Å². The third-order valence-electron chi connectivity index (χ3n) is 2.03. The summed E-state index contributed by atoms with van der Waals surface area (Å²) in [7, 11) is 1.94. The number of aromatic carboxylic acids is 1. The van der Waals surface area contributed by atoms with Crippen molar-refractivity contribution in [3.05, 3.63) is 10.6 Å². The van der Waals surface area contributed by atoms with Crippen molar-refractivity contribution in [3.63, 3.8) is 0 Å². The van der Waals surface area contributed by atoms with Crippen molar-refractivity contribution in [2.24, 2.45) is 5.41 Å². The summed E-state index contributed by atoms with van der Waals surface area (Å²) in [5.74, 6) is -0.954. The van der Waals surface area contributed by atoms with Gasteiger partial charge in [-0.05, 0) is 12.3 Å². The van der Waals surface area contributed by atoms with Gasteiger partial charge in [-0.1, -0.05) is 20.8 Å². The molecule has 0 unspecified atom stereocenters. The molecular weight excluding hydrogens is 224 g/mol. The predicted octanol–water partition coefficient (Wildman–Crippen LogP) is 2.63. The summed E-state index contributed by atoms with van der Waals surface area (Å²) in [6, 6.07) is 0. The standard InChI is InChI=1S/C11H18N2O2S/c1-7-8(9(14)15)12-10(16-7)13(5)6-11(2,3)4/h6H2,1-5H3,(H,14,15). The minimum atomic E-state index is -0.954. The van der Waals surface area contributed by atoms with E-state index in [9.17, 15) is 4.79 Å². The number of carboxylic acids is 1. The third-order valence-corrected chi connectivity index (χ3v) is 3.11. The van der Waals surface area contributed by atoms with Crippen LogP contribution < -0.4 is 4.90 Å². The SMILES string of the molecule is Cc1sc(N(C)CC(C)(C)C)nc1C(=O)O. The van der Waals surface area contributed by atoms with Gasteiger partial charge in [0.15, 0.2) is 10.8 Å². The first-order valence-electron chi connectivity index (χ1n) is 5.12. The van der Waals surface area contributed by atoms with Gasteiger partial charge in [-0.3, -0.25) is 0 Å². The Morgan fingerprint density at radius 1 is 1.50 bits per heavy atom. The number of aromatic nitrogens is 1. The minimum Gasteiger partial charge on any atom is -0.476 e. The molecule has 0 atom stereocenters. The molecule has 0 aliphatic carbocycles. The summed E-state index contributed by atoms with van der Waals surface area (Å²) in [6.45, 7) is 9.06. The van der Waals surface area contributed by atoms with Crippen LogP contribution in [0.4, 0.5) is 5.13 Å². The lowest BCUT2D eigenvalue weighted by Gasteiger charge is -2.25. The van der Waals surface area contributed by atoms with Crippen LogP contribution >= 0.6 is 11.3 Å². The highest BCUT2D eigenvalue weighted by molar-refractivity contribution is 7.15. The van der Waals surface area contributed by atoms with E-state index >= 15 is 0 Å². The summed E-state index contributed by atoms with van der Waals surface area (Å²) in [5.41, 5.74) is 0.332.